The highest BCUT2D eigenvalue weighted by molar-refractivity contribution is 5.79. The van der Waals surface area contributed by atoms with Crippen LogP contribution in [0, 0.1) is 6.92 Å². The van der Waals surface area contributed by atoms with E-state index in [0.717, 1.165) is 27.8 Å². The van der Waals surface area contributed by atoms with Crippen molar-refractivity contribution in [2.45, 2.75) is 32.6 Å². The minimum absolute atomic E-state index is 0.181. The molecule has 0 aromatic heterocycles. The molecule has 0 aliphatic rings. The SMILES string of the molecule is Cc1ccc(O)cc1CCC(=O)CCc1cc(O)ccc1-c1ccccc1. The first-order valence-corrected chi connectivity index (χ1v) is 9.20. The Kier molecular flexibility index (Phi) is 5.92. The van der Waals surface area contributed by atoms with Gasteiger partial charge in [0, 0.05) is 12.8 Å². The molecule has 0 unspecified atom stereocenters. The van der Waals surface area contributed by atoms with Crippen LogP contribution in [0.5, 0.6) is 11.5 Å². The number of benzene rings is 3. The molecule has 3 rings (SSSR count). The summed E-state index contributed by atoms with van der Waals surface area (Å²) < 4.78 is 0. The Bertz CT molecular complexity index is 930. The van der Waals surface area contributed by atoms with Gasteiger partial charge in [-0.05, 0) is 71.8 Å². The summed E-state index contributed by atoms with van der Waals surface area (Å²) in [6, 6.07) is 20.6. The molecule has 0 saturated heterocycles. The van der Waals surface area contributed by atoms with Crippen molar-refractivity contribution in [3.63, 3.8) is 0 Å². The standard InChI is InChI=1S/C24H24O3/c1-17-7-10-22(26)15-19(17)8-11-21(25)12-9-20-16-23(27)13-14-24(20)18-5-3-2-4-6-18/h2-7,10,13-16,26-27H,8-9,11-12H2,1H3. The lowest BCUT2D eigenvalue weighted by molar-refractivity contribution is -0.119. The van der Waals surface area contributed by atoms with Crippen molar-refractivity contribution in [3.8, 4) is 22.6 Å². The Hall–Kier alpha value is -3.07. The molecule has 3 nitrogen and oxygen atoms in total. The average molecular weight is 360 g/mol. The Balaban J connectivity index is 1.65. The van der Waals surface area contributed by atoms with Gasteiger partial charge in [-0.3, -0.25) is 4.79 Å². The van der Waals surface area contributed by atoms with Crippen molar-refractivity contribution in [2.24, 2.45) is 0 Å². The first-order chi connectivity index (χ1) is 13.0. The van der Waals surface area contributed by atoms with Gasteiger partial charge >= 0.3 is 0 Å². The fourth-order valence-corrected chi connectivity index (χ4v) is 3.29. The van der Waals surface area contributed by atoms with Gasteiger partial charge < -0.3 is 10.2 Å². The second kappa shape index (κ2) is 8.54. The van der Waals surface area contributed by atoms with Gasteiger partial charge in [0.25, 0.3) is 0 Å². The topological polar surface area (TPSA) is 57.5 Å². The number of carbonyl (C=O) groups is 1. The van der Waals surface area contributed by atoms with Crippen molar-refractivity contribution in [1.82, 2.24) is 0 Å². The number of aryl methyl sites for hydroxylation is 3. The smallest absolute Gasteiger partial charge is 0.133 e. The van der Waals surface area contributed by atoms with E-state index in [4.69, 9.17) is 0 Å². The third-order valence-corrected chi connectivity index (χ3v) is 4.85. The van der Waals surface area contributed by atoms with Crippen LogP contribution in [0.1, 0.15) is 29.5 Å². The van der Waals surface area contributed by atoms with Crippen LogP contribution in [0.15, 0.2) is 66.7 Å². The lowest BCUT2D eigenvalue weighted by Crippen LogP contribution is -2.04. The number of hydrogen-bond donors (Lipinski definition) is 2. The highest BCUT2D eigenvalue weighted by Crippen LogP contribution is 2.28. The van der Waals surface area contributed by atoms with E-state index in [1.54, 1.807) is 24.3 Å². The van der Waals surface area contributed by atoms with Gasteiger partial charge in [0.05, 0.1) is 0 Å². The van der Waals surface area contributed by atoms with Crippen LogP contribution in [0.25, 0.3) is 11.1 Å². The summed E-state index contributed by atoms with van der Waals surface area (Å²) in [5.41, 5.74) is 5.19. The number of aromatic hydroxyl groups is 2. The number of Topliss-reactive ketones (excluding diaryl/α,β-unsaturated/α-hetero) is 1. The summed E-state index contributed by atoms with van der Waals surface area (Å²) in [7, 11) is 0. The lowest BCUT2D eigenvalue weighted by atomic mass is 9.94. The molecular formula is C24H24O3. The molecule has 0 fully saturated rings. The maximum atomic E-state index is 12.4. The monoisotopic (exact) mass is 360 g/mol. The number of carbonyl (C=O) groups excluding carboxylic acids is 1. The molecule has 0 atom stereocenters. The summed E-state index contributed by atoms with van der Waals surface area (Å²) in [6.07, 6.45) is 2.10. The molecule has 3 heteroatoms. The van der Waals surface area contributed by atoms with Gasteiger partial charge in [-0.2, -0.15) is 0 Å². The highest BCUT2D eigenvalue weighted by atomic mass is 16.3. The molecule has 0 saturated carbocycles. The molecule has 0 spiro atoms. The molecule has 3 aromatic rings. The second-order valence-electron chi connectivity index (χ2n) is 6.86. The Labute approximate surface area is 159 Å². The average Bonchev–Trinajstić information content (AvgIpc) is 2.68. The molecule has 3 aromatic carbocycles. The molecule has 0 radical (unpaired) electrons. The second-order valence-corrected chi connectivity index (χ2v) is 6.86. The number of ketones is 1. The van der Waals surface area contributed by atoms with Gasteiger partial charge in [-0.15, -0.1) is 0 Å². The number of phenols is 2. The Morgan fingerprint density at radius 3 is 2.07 bits per heavy atom. The molecule has 0 aliphatic heterocycles. The first kappa shape index (κ1) is 18.7. The van der Waals surface area contributed by atoms with E-state index in [0.29, 0.717) is 25.7 Å². The maximum Gasteiger partial charge on any atom is 0.133 e. The zero-order chi connectivity index (χ0) is 19.2. The number of phenolic OH excluding ortho intramolecular Hbond substituents is 2. The van der Waals surface area contributed by atoms with Crippen LogP contribution in [0.4, 0.5) is 0 Å². The molecule has 2 N–H and O–H groups in total. The molecule has 0 amide bonds. The predicted octanol–water partition coefficient (Wildman–Crippen LogP) is 5.21. The summed E-state index contributed by atoms with van der Waals surface area (Å²) in [5, 5.41) is 19.5. The van der Waals surface area contributed by atoms with Crippen LogP contribution in [0.2, 0.25) is 0 Å². The van der Waals surface area contributed by atoms with Crippen LogP contribution in [0.3, 0.4) is 0 Å². The van der Waals surface area contributed by atoms with Crippen molar-refractivity contribution in [3.05, 3.63) is 83.4 Å². The molecule has 138 valence electrons. The van der Waals surface area contributed by atoms with Crippen molar-refractivity contribution < 1.29 is 15.0 Å². The lowest BCUT2D eigenvalue weighted by Gasteiger charge is -2.11. The third kappa shape index (κ3) is 4.98. The molecule has 0 heterocycles. The van der Waals surface area contributed by atoms with Crippen LogP contribution in [-0.2, 0) is 17.6 Å². The minimum Gasteiger partial charge on any atom is -0.508 e. The van der Waals surface area contributed by atoms with Gasteiger partial charge in [0.2, 0.25) is 0 Å². The first-order valence-electron chi connectivity index (χ1n) is 9.20. The molecule has 27 heavy (non-hydrogen) atoms. The number of rotatable bonds is 7. The number of hydrogen-bond acceptors (Lipinski definition) is 3. The largest absolute Gasteiger partial charge is 0.508 e. The van der Waals surface area contributed by atoms with Gasteiger partial charge in [-0.1, -0.05) is 42.5 Å². The van der Waals surface area contributed by atoms with E-state index in [1.165, 1.54) is 0 Å². The zero-order valence-corrected chi connectivity index (χ0v) is 15.5. The summed E-state index contributed by atoms with van der Waals surface area (Å²) in [6.45, 7) is 1.98. The van der Waals surface area contributed by atoms with Gasteiger partial charge in [0.1, 0.15) is 17.3 Å². The van der Waals surface area contributed by atoms with Crippen LogP contribution >= 0.6 is 0 Å². The summed E-state index contributed by atoms with van der Waals surface area (Å²) in [5.74, 6) is 0.628. The van der Waals surface area contributed by atoms with Gasteiger partial charge in [-0.25, -0.2) is 0 Å². The van der Waals surface area contributed by atoms with E-state index in [9.17, 15) is 15.0 Å². The van der Waals surface area contributed by atoms with Gasteiger partial charge in [0.15, 0.2) is 0 Å². The Morgan fingerprint density at radius 2 is 1.37 bits per heavy atom. The highest BCUT2D eigenvalue weighted by Gasteiger charge is 2.10. The van der Waals surface area contributed by atoms with Crippen LogP contribution < -0.4 is 0 Å². The van der Waals surface area contributed by atoms with Crippen LogP contribution in [-0.4, -0.2) is 16.0 Å². The van der Waals surface area contributed by atoms with Crippen molar-refractivity contribution >= 4 is 5.78 Å². The maximum absolute atomic E-state index is 12.4. The molecular weight excluding hydrogens is 336 g/mol. The fourth-order valence-electron chi connectivity index (χ4n) is 3.29. The summed E-state index contributed by atoms with van der Waals surface area (Å²) in [4.78, 5) is 12.4. The minimum atomic E-state index is 0.181. The van der Waals surface area contributed by atoms with E-state index in [2.05, 4.69) is 0 Å². The van der Waals surface area contributed by atoms with Crippen molar-refractivity contribution in [2.75, 3.05) is 0 Å². The quantitative estimate of drug-likeness (QED) is 0.608. The third-order valence-electron chi connectivity index (χ3n) is 4.85. The normalized spacial score (nSPS) is 10.7. The predicted molar refractivity (Wildman–Crippen MR) is 108 cm³/mol. The van der Waals surface area contributed by atoms with E-state index in [-0.39, 0.29) is 17.3 Å². The van der Waals surface area contributed by atoms with E-state index < -0.39 is 0 Å². The van der Waals surface area contributed by atoms with E-state index >= 15 is 0 Å². The summed E-state index contributed by atoms with van der Waals surface area (Å²) >= 11 is 0. The molecule has 0 aliphatic carbocycles. The van der Waals surface area contributed by atoms with E-state index in [1.807, 2.05) is 49.4 Å². The zero-order valence-electron chi connectivity index (χ0n) is 15.5. The molecule has 0 bridgehead atoms. The fraction of sp³-hybridized carbons (Fsp3) is 0.208. The Morgan fingerprint density at radius 1 is 0.778 bits per heavy atom. The van der Waals surface area contributed by atoms with Crippen molar-refractivity contribution in [1.29, 1.82) is 0 Å².